The molecule has 2 N–H and O–H groups in total. The van der Waals surface area contributed by atoms with Gasteiger partial charge in [-0.3, -0.25) is 0 Å². The van der Waals surface area contributed by atoms with E-state index in [0.29, 0.717) is 12.0 Å². The van der Waals surface area contributed by atoms with Crippen LogP contribution in [0, 0.1) is 5.92 Å². The van der Waals surface area contributed by atoms with E-state index in [9.17, 15) is 0 Å². The highest BCUT2D eigenvalue weighted by molar-refractivity contribution is 5.01. The number of hydrazine groups is 1. The molecule has 0 saturated heterocycles. The molecule has 0 atom stereocenters. The molecule has 0 bridgehead atoms. The van der Waals surface area contributed by atoms with Crippen LogP contribution in [0.3, 0.4) is 0 Å². The first kappa shape index (κ1) is 10.5. The number of nitrogens with zero attached hydrogens (tertiary/aromatic N) is 1. The molecule has 0 spiro atoms. The van der Waals surface area contributed by atoms with E-state index >= 15 is 0 Å². The van der Waals surface area contributed by atoms with Crippen LogP contribution in [-0.4, -0.2) is 11.1 Å². The van der Waals surface area contributed by atoms with Crippen molar-refractivity contribution in [3.8, 4) is 0 Å². The molecule has 2 nitrogen and oxygen atoms in total. The van der Waals surface area contributed by atoms with Crippen LogP contribution in [0.4, 0.5) is 0 Å². The highest BCUT2D eigenvalue weighted by Crippen LogP contribution is 2.13. The molecule has 0 aromatic rings. The topological polar surface area (TPSA) is 29.3 Å². The van der Waals surface area contributed by atoms with Crippen molar-refractivity contribution in [2.75, 3.05) is 0 Å². The standard InChI is InChI=1S/C9H20N2/c1-6-9(7(2)3)11(10)8(4)5/h6-8H,10H2,1-5H3/b9-6-. The fourth-order valence-corrected chi connectivity index (χ4v) is 1.08. The zero-order valence-electron chi connectivity index (χ0n) is 8.26. The van der Waals surface area contributed by atoms with Crippen molar-refractivity contribution in [3.05, 3.63) is 11.8 Å². The largest absolute Gasteiger partial charge is 0.313 e. The maximum atomic E-state index is 5.84. The normalized spacial score (nSPS) is 12.9. The van der Waals surface area contributed by atoms with Crippen molar-refractivity contribution in [2.45, 2.75) is 40.7 Å². The minimum absolute atomic E-state index is 0.378. The quantitative estimate of drug-likeness (QED) is 0.501. The van der Waals surface area contributed by atoms with E-state index in [1.165, 1.54) is 5.70 Å². The predicted molar refractivity (Wildman–Crippen MR) is 49.8 cm³/mol. The molecule has 0 aromatic heterocycles. The molecule has 0 radical (unpaired) electrons. The number of hydrogen-bond donors (Lipinski definition) is 1. The molecule has 0 aliphatic rings. The van der Waals surface area contributed by atoms with Gasteiger partial charge >= 0.3 is 0 Å². The van der Waals surface area contributed by atoms with Crippen LogP contribution in [0.25, 0.3) is 0 Å². The molecule has 0 aliphatic carbocycles. The lowest BCUT2D eigenvalue weighted by molar-refractivity contribution is 0.266. The van der Waals surface area contributed by atoms with Gasteiger partial charge in [0.25, 0.3) is 0 Å². The lowest BCUT2D eigenvalue weighted by Crippen LogP contribution is -2.38. The monoisotopic (exact) mass is 156 g/mol. The summed E-state index contributed by atoms with van der Waals surface area (Å²) in [4.78, 5) is 0. The Morgan fingerprint density at radius 2 is 1.73 bits per heavy atom. The Bertz CT molecular complexity index is 136. The summed E-state index contributed by atoms with van der Waals surface area (Å²) in [5.74, 6) is 6.34. The third-order valence-corrected chi connectivity index (χ3v) is 1.74. The smallest absolute Gasteiger partial charge is 0.0392 e. The van der Waals surface area contributed by atoms with Gasteiger partial charge in [0.15, 0.2) is 0 Å². The second-order valence-electron chi connectivity index (χ2n) is 3.37. The molecule has 0 unspecified atom stereocenters. The Morgan fingerprint density at radius 3 is 1.82 bits per heavy atom. The summed E-state index contributed by atoms with van der Waals surface area (Å²) >= 11 is 0. The van der Waals surface area contributed by atoms with Crippen LogP contribution in [0.1, 0.15) is 34.6 Å². The van der Waals surface area contributed by atoms with Crippen LogP contribution in [0.15, 0.2) is 11.8 Å². The summed E-state index contributed by atoms with van der Waals surface area (Å²) in [6.45, 7) is 10.5. The van der Waals surface area contributed by atoms with Crippen molar-refractivity contribution in [1.29, 1.82) is 0 Å². The Balaban J connectivity index is 4.28. The lowest BCUT2D eigenvalue weighted by atomic mass is 10.1. The van der Waals surface area contributed by atoms with Gasteiger partial charge in [0.2, 0.25) is 0 Å². The van der Waals surface area contributed by atoms with Crippen molar-refractivity contribution in [2.24, 2.45) is 11.8 Å². The van der Waals surface area contributed by atoms with Crippen LogP contribution in [0.5, 0.6) is 0 Å². The third kappa shape index (κ3) is 2.93. The van der Waals surface area contributed by atoms with Gasteiger partial charge in [-0.25, -0.2) is 5.84 Å². The van der Waals surface area contributed by atoms with Gasteiger partial charge in [-0.1, -0.05) is 19.9 Å². The van der Waals surface area contributed by atoms with Gasteiger partial charge in [-0.05, 0) is 26.7 Å². The summed E-state index contributed by atoms with van der Waals surface area (Å²) in [5.41, 5.74) is 1.21. The fourth-order valence-electron chi connectivity index (χ4n) is 1.08. The van der Waals surface area contributed by atoms with Crippen molar-refractivity contribution >= 4 is 0 Å². The van der Waals surface area contributed by atoms with E-state index in [-0.39, 0.29) is 0 Å². The first-order chi connectivity index (χ1) is 5.00. The second-order valence-corrected chi connectivity index (χ2v) is 3.37. The molecule has 0 amide bonds. The minimum Gasteiger partial charge on any atom is -0.313 e. The predicted octanol–water partition coefficient (Wildman–Crippen LogP) is 2.13. The summed E-state index contributed by atoms with van der Waals surface area (Å²) < 4.78 is 0. The molecule has 0 saturated carbocycles. The van der Waals surface area contributed by atoms with E-state index < -0.39 is 0 Å². The van der Waals surface area contributed by atoms with Gasteiger partial charge in [0, 0.05) is 11.7 Å². The van der Waals surface area contributed by atoms with E-state index in [2.05, 4.69) is 33.8 Å². The maximum absolute atomic E-state index is 5.84. The van der Waals surface area contributed by atoms with Gasteiger partial charge in [-0.2, -0.15) is 0 Å². The number of hydrogen-bond acceptors (Lipinski definition) is 2. The Kier molecular flexibility index (Phi) is 4.19. The molecule has 0 fully saturated rings. The van der Waals surface area contributed by atoms with Crippen LogP contribution >= 0.6 is 0 Å². The summed E-state index contributed by atoms with van der Waals surface area (Å²) in [7, 11) is 0. The molecular weight excluding hydrogens is 136 g/mol. The van der Waals surface area contributed by atoms with Crippen molar-refractivity contribution < 1.29 is 0 Å². The first-order valence-corrected chi connectivity index (χ1v) is 4.20. The van der Waals surface area contributed by atoms with Crippen molar-refractivity contribution in [1.82, 2.24) is 5.01 Å². The Hall–Kier alpha value is -0.500. The average Bonchev–Trinajstić information content (AvgIpc) is 1.88. The first-order valence-electron chi connectivity index (χ1n) is 4.20. The van der Waals surface area contributed by atoms with Crippen LogP contribution < -0.4 is 5.84 Å². The van der Waals surface area contributed by atoms with E-state index in [1.54, 1.807) is 0 Å². The summed E-state index contributed by atoms with van der Waals surface area (Å²) in [6.07, 6.45) is 2.07. The molecule has 11 heavy (non-hydrogen) atoms. The molecule has 66 valence electrons. The SMILES string of the molecule is C/C=C(/C(C)C)N(N)C(C)C. The van der Waals surface area contributed by atoms with Crippen molar-refractivity contribution in [3.63, 3.8) is 0 Å². The van der Waals surface area contributed by atoms with E-state index in [4.69, 9.17) is 5.84 Å². The highest BCUT2D eigenvalue weighted by Gasteiger charge is 2.10. The van der Waals surface area contributed by atoms with Gasteiger partial charge < -0.3 is 5.01 Å². The highest BCUT2D eigenvalue weighted by atomic mass is 15.4. The molecule has 0 aromatic carbocycles. The van der Waals surface area contributed by atoms with Gasteiger partial charge in [0.1, 0.15) is 0 Å². The molecule has 2 heteroatoms. The minimum atomic E-state index is 0.378. The third-order valence-electron chi connectivity index (χ3n) is 1.74. The van der Waals surface area contributed by atoms with Crippen LogP contribution in [-0.2, 0) is 0 Å². The number of nitrogens with two attached hydrogens (primary N) is 1. The van der Waals surface area contributed by atoms with E-state index in [1.807, 2.05) is 11.9 Å². The summed E-state index contributed by atoms with van der Waals surface area (Å²) in [5, 5.41) is 1.82. The van der Waals surface area contributed by atoms with Crippen LogP contribution in [0.2, 0.25) is 0 Å². The lowest BCUT2D eigenvalue weighted by Gasteiger charge is -2.28. The number of rotatable bonds is 3. The molecule has 0 aliphatic heterocycles. The second kappa shape index (κ2) is 4.39. The molecule has 0 heterocycles. The average molecular weight is 156 g/mol. The van der Waals surface area contributed by atoms with Gasteiger partial charge in [-0.15, -0.1) is 0 Å². The van der Waals surface area contributed by atoms with Gasteiger partial charge in [0.05, 0.1) is 0 Å². The summed E-state index contributed by atoms with van der Waals surface area (Å²) in [6, 6.07) is 0.378. The fraction of sp³-hybridized carbons (Fsp3) is 0.778. The molecule has 0 rings (SSSR count). The Morgan fingerprint density at radius 1 is 1.27 bits per heavy atom. The number of allylic oxidation sites excluding steroid dienone is 2. The zero-order valence-corrected chi connectivity index (χ0v) is 8.26. The maximum Gasteiger partial charge on any atom is 0.0392 e. The Labute approximate surface area is 70.0 Å². The zero-order chi connectivity index (χ0) is 9.02. The molecular formula is C9H20N2. The van der Waals surface area contributed by atoms with E-state index in [0.717, 1.165) is 0 Å².